The van der Waals surface area contributed by atoms with Crippen LogP contribution in [0.1, 0.15) is 12.5 Å². The molecule has 0 atom stereocenters. The molecule has 0 radical (unpaired) electrons. The molecular weight excluding hydrogens is 258 g/mol. The smallest absolute Gasteiger partial charge is 0.0648 e. The Kier molecular flexibility index (Phi) is 4.42. The molecule has 0 fully saturated rings. The van der Waals surface area contributed by atoms with Crippen LogP contribution in [0.3, 0.4) is 0 Å². The Balaban J connectivity index is 2.07. The lowest BCUT2D eigenvalue weighted by Gasteiger charge is -2.05. The predicted molar refractivity (Wildman–Crippen MR) is 83.3 cm³/mol. The number of hydrazone groups is 1. The van der Waals surface area contributed by atoms with Crippen LogP contribution in [0.25, 0.3) is 0 Å². The molecule has 0 saturated heterocycles. The first-order chi connectivity index (χ1) is 9.19. The van der Waals surface area contributed by atoms with Crippen LogP contribution in [0, 0.1) is 0 Å². The second kappa shape index (κ2) is 6.25. The fraction of sp³-hybridized carbons (Fsp3) is 0.133. The van der Waals surface area contributed by atoms with Crippen molar-refractivity contribution in [3.05, 3.63) is 59.1 Å². The molecule has 0 amide bonds. The van der Waals surface area contributed by atoms with Gasteiger partial charge in [-0.25, -0.2) is 0 Å². The molecule has 0 heterocycles. The molecule has 98 valence electrons. The molecule has 2 aromatic carbocycles. The SMILES string of the molecule is CNc1ccc(/C(C)=N/Nc2ccc(Cl)cc2)cc1. The molecule has 4 heteroatoms. The van der Waals surface area contributed by atoms with Crippen LogP contribution in [0.2, 0.25) is 5.02 Å². The van der Waals surface area contributed by atoms with E-state index in [1.807, 2.05) is 62.5 Å². The second-order valence-corrected chi connectivity index (χ2v) is 4.58. The summed E-state index contributed by atoms with van der Waals surface area (Å²) < 4.78 is 0. The Hall–Kier alpha value is -2.00. The highest BCUT2D eigenvalue weighted by Gasteiger charge is 1.97. The predicted octanol–water partition coefficient (Wildman–Crippen LogP) is 4.22. The minimum absolute atomic E-state index is 0.717. The number of nitrogens with zero attached hydrogens (tertiary/aromatic N) is 1. The van der Waals surface area contributed by atoms with Crippen molar-refractivity contribution in [2.75, 3.05) is 17.8 Å². The van der Waals surface area contributed by atoms with Gasteiger partial charge in [-0.1, -0.05) is 23.7 Å². The van der Waals surface area contributed by atoms with Gasteiger partial charge in [-0.3, -0.25) is 5.43 Å². The van der Waals surface area contributed by atoms with Gasteiger partial charge in [0.2, 0.25) is 0 Å². The molecule has 0 saturated carbocycles. The monoisotopic (exact) mass is 273 g/mol. The maximum Gasteiger partial charge on any atom is 0.0648 e. The third-order valence-corrected chi connectivity index (χ3v) is 3.04. The quantitative estimate of drug-likeness (QED) is 0.646. The van der Waals surface area contributed by atoms with Crippen molar-refractivity contribution in [2.45, 2.75) is 6.92 Å². The molecule has 19 heavy (non-hydrogen) atoms. The first-order valence-corrected chi connectivity index (χ1v) is 6.41. The van der Waals surface area contributed by atoms with Gasteiger partial charge in [0.25, 0.3) is 0 Å². The van der Waals surface area contributed by atoms with E-state index in [1.54, 1.807) is 0 Å². The first kappa shape index (κ1) is 13.4. The molecule has 2 rings (SSSR count). The highest BCUT2D eigenvalue weighted by atomic mass is 35.5. The summed E-state index contributed by atoms with van der Waals surface area (Å²) in [4.78, 5) is 0. The zero-order chi connectivity index (χ0) is 13.7. The van der Waals surface area contributed by atoms with Gasteiger partial charge in [0.05, 0.1) is 11.4 Å². The topological polar surface area (TPSA) is 36.4 Å². The highest BCUT2D eigenvalue weighted by Crippen LogP contribution is 2.14. The van der Waals surface area contributed by atoms with Gasteiger partial charge in [-0.2, -0.15) is 5.10 Å². The van der Waals surface area contributed by atoms with E-state index in [0.29, 0.717) is 5.02 Å². The maximum absolute atomic E-state index is 5.83. The molecule has 0 unspecified atom stereocenters. The molecule has 2 aromatic rings. The van der Waals surface area contributed by atoms with Crippen LogP contribution < -0.4 is 10.7 Å². The van der Waals surface area contributed by atoms with E-state index in [1.165, 1.54) is 0 Å². The summed E-state index contributed by atoms with van der Waals surface area (Å²) in [6.45, 7) is 1.97. The van der Waals surface area contributed by atoms with Gasteiger partial charge in [-0.15, -0.1) is 0 Å². The van der Waals surface area contributed by atoms with Crippen LogP contribution in [0.4, 0.5) is 11.4 Å². The summed E-state index contributed by atoms with van der Waals surface area (Å²) in [5.41, 5.74) is 7.02. The summed E-state index contributed by atoms with van der Waals surface area (Å²) in [6.07, 6.45) is 0. The van der Waals surface area contributed by atoms with Crippen molar-refractivity contribution in [3.63, 3.8) is 0 Å². The lowest BCUT2D eigenvalue weighted by atomic mass is 10.1. The molecule has 0 aromatic heterocycles. The van der Waals surface area contributed by atoms with Gasteiger partial charge in [0.15, 0.2) is 0 Å². The number of benzene rings is 2. The van der Waals surface area contributed by atoms with E-state index in [4.69, 9.17) is 11.6 Å². The summed E-state index contributed by atoms with van der Waals surface area (Å²) in [6, 6.07) is 15.6. The van der Waals surface area contributed by atoms with Gasteiger partial charge >= 0.3 is 0 Å². The molecular formula is C15H16ClN3. The molecule has 2 N–H and O–H groups in total. The van der Waals surface area contributed by atoms with Crippen LogP contribution in [-0.2, 0) is 0 Å². The second-order valence-electron chi connectivity index (χ2n) is 4.14. The van der Waals surface area contributed by atoms with Gasteiger partial charge in [-0.05, 0) is 48.9 Å². The van der Waals surface area contributed by atoms with E-state index < -0.39 is 0 Å². The molecule has 0 aliphatic rings. The molecule has 3 nitrogen and oxygen atoms in total. The van der Waals surface area contributed by atoms with E-state index in [-0.39, 0.29) is 0 Å². The average Bonchev–Trinajstić information content (AvgIpc) is 2.46. The van der Waals surface area contributed by atoms with Gasteiger partial charge in [0.1, 0.15) is 0 Å². The summed E-state index contributed by atoms with van der Waals surface area (Å²) in [5, 5.41) is 8.16. The zero-order valence-corrected chi connectivity index (χ0v) is 11.7. The summed E-state index contributed by atoms with van der Waals surface area (Å²) in [7, 11) is 1.90. The molecule has 0 spiro atoms. The van der Waals surface area contributed by atoms with Crippen molar-refractivity contribution in [1.29, 1.82) is 0 Å². The summed E-state index contributed by atoms with van der Waals surface area (Å²) in [5.74, 6) is 0. The minimum Gasteiger partial charge on any atom is -0.388 e. The lowest BCUT2D eigenvalue weighted by molar-refractivity contribution is 1.32. The van der Waals surface area contributed by atoms with E-state index in [9.17, 15) is 0 Å². The van der Waals surface area contributed by atoms with E-state index in [0.717, 1.165) is 22.6 Å². The molecule has 0 aliphatic heterocycles. The highest BCUT2D eigenvalue weighted by molar-refractivity contribution is 6.30. The first-order valence-electron chi connectivity index (χ1n) is 6.03. The van der Waals surface area contributed by atoms with Crippen LogP contribution >= 0.6 is 11.6 Å². The van der Waals surface area contributed by atoms with Gasteiger partial charge in [0, 0.05) is 17.8 Å². The largest absolute Gasteiger partial charge is 0.388 e. The normalized spacial score (nSPS) is 11.2. The third kappa shape index (κ3) is 3.73. The maximum atomic E-state index is 5.83. The van der Waals surface area contributed by atoms with E-state index in [2.05, 4.69) is 15.8 Å². The standard InChI is InChI=1S/C15H16ClN3/c1-11(12-3-7-14(17-2)8-4-12)18-19-15-9-5-13(16)6-10-15/h3-10,17,19H,1-2H3/b18-11+. The fourth-order valence-corrected chi connectivity index (χ4v) is 1.74. The van der Waals surface area contributed by atoms with E-state index >= 15 is 0 Å². The fourth-order valence-electron chi connectivity index (χ4n) is 1.62. The Morgan fingerprint density at radius 3 is 2.11 bits per heavy atom. The zero-order valence-electron chi connectivity index (χ0n) is 10.9. The number of anilines is 2. The van der Waals surface area contributed by atoms with Crippen LogP contribution in [0.5, 0.6) is 0 Å². The average molecular weight is 274 g/mol. The van der Waals surface area contributed by atoms with Gasteiger partial charge < -0.3 is 5.32 Å². The Bertz CT molecular complexity index is 559. The number of rotatable bonds is 4. The van der Waals surface area contributed by atoms with Crippen LogP contribution in [-0.4, -0.2) is 12.8 Å². The number of hydrogen-bond acceptors (Lipinski definition) is 3. The Morgan fingerprint density at radius 2 is 1.53 bits per heavy atom. The number of nitrogens with one attached hydrogen (secondary N) is 2. The van der Waals surface area contributed by atoms with Crippen molar-refractivity contribution in [2.24, 2.45) is 5.10 Å². The van der Waals surface area contributed by atoms with Crippen molar-refractivity contribution in [1.82, 2.24) is 0 Å². The minimum atomic E-state index is 0.717. The molecule has 0 aliphatic carbocycles. The molecule has 0 bridgehead atoms. The Labute approximate surface area is 118 Å². The number of hydrogen-bond donors (Lipinski definition) is 2. The lowest BCUT2D eigenvalue weighted by Crippen LogP contribution is -2.00. The van der Waals surface area contributed by atoms with Crippen molar-refractivity contribution < 1.29 is 0 Å². The summed E-state index contributed by atoms with van der Waals surface area (Å²) >= 11 is 5.83. The third-order valence-electron chi connectivity index (χ3n) is 2.79. The van der Waals surface area contributed by atoms with Crippen molar-refractivity contribution in [3.8, 4) is 0 Å². The Morgan fingerprint density at radius 1 is 0.947 bits per heavy atom. The van der Waals surface area contributed by atoms with Crippen molar-refractivity contribution >= 4 is 28.7 Å². The van der Waals surface area contributed by atoms with Crippen LogP contribution in [0.15, 0.2) is 53.6 Å². The number of halogens is 1.